The van der Waals surface area contributed by atoms with Gasteiger partial charge in [-0.1, -0.05) is 12.1 Å². The number of methoxy groups -OCH3 is 1. The predicted molar refractivity (Wildman–Crippen MR) is 115 cm³/mol. The summed E-state index contributed by atoms with van der Waals surface area (Å²) in [5.41, 5.74) is 0.909. The van der Waals surface area contributed by atoms with Crippen molar-refractivity contribution in [1.29, 1.82) is 0 Å². The summed E-state index contributed by atoms with van der Waals surface area (Å²) in [6.45, 7) is 4.12. The van der Waals surface area contributed by atoms with Crippen LogP contribution in [0.3, 0.4) is 0 Å². The fraction of sp³-hybridized carbons (Fsp3) is 0.429. The Labute approximate surface area is 178 Å². The van der Waals surface area contributed by atoms with Gasteiger partial charge in [0.05, 0.1) is 34.9 Å². The first kappa shape index (κ1) is 22.6. The van der Waals surface area contributed by atoms with Crippen LogP contribution in [-0.4, -0.2) is 52.8 Å². The van der Waals surface area contributed by atoms with Gasteiger partial charge in [0.2, 0.25) is 0 Å². The molecule has 0 spiro atoms. The molecule has 0 aliphatic carbocycles. The molecule has 0 unspecified atom stereocenters. The fourth-order valence-electron chi connectivity index (χ4n) is 3.46. The lowest BCUT2D eigenvalue weighted by Gasteiger charge is -2.20. The number of sulfone groups is 2. The van der Waals surface area contributed by atoms with Crippen LogP contribution >= 0.6 is 0 Å². The lowest BCUT2D eigenvalue weighted by atomic mass is 10.2. The SMILES string of the molecule is COc1ccc(CN[C@H]2CS(=O)(=O)C[C@@H]2S(=O)(=O)c2ccc(OC(C)C)cc2)cc1. The van der Waals surface area contributed by atoms with E-state index in [-0.39, 0.29) is 22.5 Å². The summed E-state index contributed by atoms with van der Waals surface area (Å²) < 4.78 is 61.6. The first-order valence-electron chi connectivity index (χ1n) is 9.68. The lowest BCUT2D eigenvalue weighted by molar-refractivity contribution is 0.242. The van der Waals surface area contributed by atoms with Gasteiger partial charge in [0.15, 0.2) is 19.7 Å². The highest BCUT2D eigenvalue weighted by atomic mass is 32.2. The number of benzene rings is 2. The Kier molecular flexibility index (Phi) is 6.74. The number of hydrogen-bond donors (Lipinski definition) is 1. The largest absolute Gasteiger partial charge is 0.497 e. The van der Waals surface area contributed by atoms with E-state index in [0.29, 0.717) is 18.0 Å². The molecule has 0 aromatic heterocycles. The summed E-state index contributed by atoms with van der Waals surface area (Å²) in [5, 5.41) is 2.09. The second-order valence-corrected chi connectivity index (χ2v) is 12.0. The normalized spacial score (nSPS) is 20.9. The molecule has 0 bridgehead atoms. The third-order valence-corrected chi connectivity index (χ3v) is 9.12. The van der Waals surface area contributed by atoms with Crippen molar-refractivity contribution in [3.05, 3.63) is 54.1 Å². The molecule has 1 N–H and O–H groups in total. The third-order valence-electron chi connectivity index (χ3n) is 4.95. The fourth-order valence-corrected chi connectivity index (χ4v) is 8.18. The molecule has 1 aliphatic rings. The van der Waals surface area contributed by atoms with E-state index < -0.39 is 31.0 Å². The van der Waals surface area contributed by atoms with Gasteiger partial charge in [-0.15, -0.1) is 0 Å². The molecule has 2 aromatic rings. The molecule has 1 saturated heterocycles. The van der Waals surface area contributed by atoms with E-state index in [4.69, 9.17) is 9.47 Å². The van der Waals surface area contributed by atoms with Gasteiger partial charge >= 0.3 is 0 Å². The van der Waals surface area contributed by atoms with Crippen LogP contribution in [0.2, 0.25) is 0 Å². The molecular weight excluding hydrogens is 426 g/mol. The van der Waals surface area contributed by atoms with Gasteiger partial charge in [-0.3, -0.25) is 0 Å². The van der Waals surface area contributed by atoms with Crippen molar-refractivity contribution in [3.8, 4) is 11.5 Å². The number of nitrogens with one attached hydrogen (secondary N) is 1. The molecule has 1 heterocycles. The van der Waals surface area contributed by atoms with Crippen LogP contribution in [0.15, 0.2) is 53.4 Å². The molecule has 2 atom stereocenters. The van der Waals surface area contributed by atoms with Gasteiger partial charge in [0, 0.05) is 12.6 Å². The minimum atomic E-state index is -3.84. The van der Waals surface area contributed by atoms with Gasteiger partial charge in [-0.2, -0.15) is 0 Å². The van der Waals surface area contributed by atoms with Crippen LogP contribution in [0.1, 0.15) is 19.4 Å². The van der Waals surface area contributed by atoms with Crippen molar-refractivity contribution < 1.29 is 26.3 Å². The summed E-state index contributed by atoms with van der Waals surface area (Å²) in [6.07, 6.45) is -0.0287. The highest BCUT2D eigenvalue weighted by Crippen LogP contribution is 2.28. The highest BCUT2D eigenvalue weighted by molar-refractivity contribution is 7.96. The van der Waals surface area contributed by atoms with E-state index in [1.165, 1.54) is 12.1 Å². The molecule has 0 amide bonds. The maximum Gasteiger partial charge on any atom is 0.183 e. The van der Waals surface area contributed by atoms with E-state index in [0.717, 1.165) is 5.56 Å². The standard InChI is InChI=1S/C21H27NO6S2/c1-15(2)28-18-8-10-19(11-9-18)30(25,26)21-14-29(23,24)13-20(21)22-12-16-4-6-17(27-3)7-5-16/h4-11,15,20-22H,12-14H2,1-3H3/t20-,21-/m0/s1. The summed E-state index contributed by atoms with van der Waals surface area (Å²) in [7, 11) is -5.72. The van der Waals surface area contributed by atoms with Crippen LogP contribution in [0.5, 0.6) is 11.5 Å². The maximum absolute atomic E-state index is 13.2. The Morgan fingerprint density at radius 2 is 1.60 bits per heavy atom. The second kappa shape index (κ2) is 8.95. The molecule has 1 aliphatic heterocycles. The van der Waals surface area contributed by atoms with Gasteiger partial charge < -0.3 is 14.8 Å². The average molecular weight is 454 g/mol. The monoisotopic (exact) mass is 453 g/mol. The van der Waals surface area contributed by atoms with Gasteiger partial charge in [0.1, 0.15) is 11.5 Å². The van der Waals surface area contributed by atoms with E-state index in [2.05, 4.69) is 5.32 Å². The molecule has 3 rings (SSSR count). The molecular formula is C21H27NO6S2. The Hall–Kier alpha value is -2.10. The van der Waals surface area contributed by atoms with Crippen molar-refractivity contribution in [2.24, 2.45) is 0 Å². The van der Waals surface area contributed by atoms with Crippen molar-refractivity contribution >= 4 is 19.7 Å². The Morgan fingerprint density at radius 1 is 1.00 bits per heavy atom. The summed E-state index contributed by atoms with van der Waals surface area (Å²) in [5.74, 6) is 0.686. The van der Waals surface area contributed by atoms with Crippen LogP contribution in [0.4, 0.5) is 0 Å². The topological polar surface area (TPSA) is 98.8 Å². The van der Waals surface area contributed by atoms with Crippen LogP contribution in [0.25, 0.3) is 0 Å². The molecule has 0 radical (unpaired) electrons. The van der Waals surface area contributed by atoms with Gasteiger partial charge in [0.25, 0.3) is 0 Å². The van der Waals surface area contributed by atoms with Crippen LogP contribution in [0, 0.1) is 0 Å². The zero-order valence-electron chi connectivity index (χ0n) is 17.2. The highest BCUT2D eigenvalue weighted by Gasteiger charge is 2.45. The number of hydrogen-bond acceptors (Lipinski definition) is 7. The van der Waals surface area contributed by atoms with E-state index in [1.54, 1.807) is 31.4 Å². The Balaban J connectivity index is 1.78. The predicted octanol–water partition coefficient (Wildman–Crippen LogP) is 2.21. The van der Waals surface area contributed by atoms with E-state index in [1.807, 2.05) is 26.0 Å². The number of rotatable bonds is 8. The first-order chi connectivity index (χ1) is 14.1. The van der Waals surface area contributed by atoms with Crippen molar-refractivity contribution in [3.63, 3.8) is 0 Å². The smallest absolute Gasteiger partial charge is 0.183 e. The molecule has 7 nitrogen and oxygen atoms in total. The minimum Gasteiger partial charge on any atom is -0.497 e. The molecule has 9 heteroatoms. The zero-order chi connectivity index (χ0) is 21.9. The minimum absolute atomic E-state index is 0.0287. The van der Waals surface area contributed by atoms with Crippen LogP contribution < -0.4 is 14.8 Å². The van der Waals surface area contributed by atoms with E-state index >= 15 is 0 Å². The molecule has 164 valence electrons. The van der Waals surface area contributed by atoms with Crippen LogP contribution in [-0.2, 0) is 26.2 Å². The quantitative estimate of drug-likeness (QED) is 0.654. The first-order valence-corrected chi connectivity index (χ1v) is 13.0. The Bertz CT molecular complexity index is 1060. The number of ether oxygens (including phenoxy) is 2. The zero-order valence-corrected chi connectivity index (χ0v) is 18.9. The molecule has 0 saturated carbocycles. The summed E-state index contributed by atoms with van der Waals surface area (Å²) in [6, 6.07) is 12.8. The molecule has 1 fully saturated rings. The average Bonchev–Trinajstić information content (AvgIpc) is 3.02. The van der Waals surface area contributed by atoms with Crippen molar-refractivity contribution in [2.75, 3.05) is 18.6 Å². The Morgan fingerprint density at radius 3 is 2.17 bits per heavy atom. The maximum atomic E-state index is 13.2. The summed E-state index contributed by atoms with van der Waals surface area (Å²) in [4.78, 5) is 0.0944. The third kappa shape index (κ3) is 5.33. The van der Waals surface area contributed by atoms with Gasteiger partial charge in [-0.25, -0.2) is 16.8 Å². The summed E-state index contributed by atoms with van der Waals surface area (Å²) >= 11 is 0. The second-order valence-electron chi connectivity index (χ2n) is 7.63. The van der Waals surface area contributed by atoms with Gasteiger partial charge in [-0.05, 0) is 55.8 Å². The molecule has 2 aromatic carbocycles. The lowest BCUT2D eigenvalue weighted by Crippen LogP contribution is -2.43. The van der Waals surface area contributed by atoms with Crippen molar-refractivity contribution in [1.82, 2.24) is 5.32 Å². The van der Waals surface area contributed by atoms with Crippen molar-refractivity contribution in [2.45, 2.75) is 42.7 Å². The van der Waals surface area contributed by atoms with E-state index in [9.17, 15) is 16.8 Å². The molecule has 30 heavy (non-hydrogen) atoms.